The lowest BCUT2D eigenvalue weighted by Crippen LogP contribution is -2.44. The number of benzene rings is 2. The van der Waals surface area contributed by atoms with E-state index in [1.54, 1.807) is 18.2 Å². The fourth-order valence-electron chi connectivity index (χ4n) is 3.24. The highest BCUT2D eigenvalue weighted by atomic mass is 16.5. The molecule has 6 nitrogen and oxygen atoms in total. The Labute approximate surface area is 152 Å². The van der Waals surface area contributed by atoms with Crippen molar-refractivity contribution in [2.24, 2.45) is 0 Å². The Morgan fingerprint density at radius 3 is 2.38 bits per heavy atom. The van der Waals surface area contributed by atoms with Crippen LogP contribution in [0.3, 0.4) is 0 Å². The Kier molecular flexibility index (Phi) is 5.41. The number of carbonyl (C=O) groups is 2. The Morgan fingerprint density at radius 2 is 1.69 bits per heavy atom. The highest BCUT2D eigenvalue weighted by Gasteiger charge is 2.26. The molecule has 1 atom stereocenters. The van der Waals surface area contributed by atoms with Crippen molar-refractivity contribution in [1.82, 2.24) is 10.9 Å². The topological polar surface area (TPSA) is 76.7 Å². The molecule has 1 aliphatic rings. The van der Waals surface area contributed by atoms with E-state index in [0.29, 0.717) is 17.1 Å². The lowest BCUT2D eigenvalue weighted by atomic mass is 9.82. The molecule has 3 rings (SSSR count). The Bertz CT molecular complexity index is 797. The first kappa shape index (κ1) is 17.8. The molecule has 2 aromatic carbocycles. The summed E-state index contributed by atoms with van der Waals surface area (Å²) >= 11 is 0. The van der Waals surface area contributed by atoms with Gasteiger partial charge in [0, 0.05) is 11.6 Å². The van der Waals surface area contributed by atoms with Gasteiger partial charge in [0.2, 0.25) is 5.91 Å². The van der Waals surface area contributed by atoms with E-state index in [9.17, 15) is 9.59 Å². The molecule has 1 unspecified atom stereocenters. The van der Waals surface area contributed by atoms with Crippen molar-refractivity contribution in [2.75, 3.05) is 14.2 Å². The van der Waals surface area contributed by atoms with E-state index >= 15 is 0 Å². The van der Waals surface area contributed by atoms with Gasteiger partial charge in [-0.1, -0.05) is 24.3 Å². The van der Waals surface area contributed by atoms with Crippen molar-refractivity contribution in [1.29, 1.82) is 0 Å². The maximum Gasteiger partial charge on any atom is 0.269 e. The maximum absolute atomic E-state index is 12.6. The first-order valence-corrected chi connectivity index (χ1v) is 8.53. The number of nitrogens with one attached hydrogen (secondary N) is 2. The SMILES string of the molecule is COc1cc(OC)cc(C(=O)NNC(=O)C2CCCc3ccccc32)c1. The van der Waals surface area contributed by atoms with Crippen LogP contribution in [0.1, 0.15) is 40.2 Å². The minimum Gasteiger partial charge on any atom is -0.497 e. The lowest BCUT2D eigenvalue weighted by molar-refractivity contribution is -0.123. The number of carbonyl (C=O) groups excluding carboxylic acids is 2. The van der Waals surface area contributed by atoms with Gasteiger partial charge in [0.05, 0.1) is 20.1 Å². The van der Waals surface area contributed by atoms with Gasteiger partial charge in [-0.3, -0.25) is 20.4 Å². The molecule has 2 amide bonds. The van der Waals surface area contributed by atoms with Crippen LogP contribution in [0.2, 0.25) is 0 Å². The summed E-state index contributed by atoms with van der Waals surface area (Å²) in [7, 11) is 3.03. The summed E-state index contributed by atoms with van der Waals surface area (Å²) in [6, 6.07) is 12.8. The van der Waals surface area contributed by atoms with Crippen molar-refractivity contribution >= 4 is 11.8 Å². The summed E-state index contributed by atoms with van der Waals surface area (Å²) < 4.78 is 10.3. The summed E-state index contributed by atoms with van der Waals surface area (Å²) in [5, 5.41) is 0. The number of hydrogen-bond acceptors (Lipinski definition) is 4. The van der Waals surface area contributed by atoms with E-state index in [4.69, 9.17) is 9.47 Å². The zero-order valence-corrected chi connectivity index (χ0v) is 14.9. The van der Waals surface area contributed by atoms with Gasteiger partial charge < -0.3 is 9.47 Å². The van der Waals surface area contributed by atoms with Crippen molar-refractivity contribution in [3.05, 3.63) is 59.2 Å². The van der Waals surface area contributed by atoms with Crippen LogP contribution in [0.25, 0.3) is 0 Å². The summed E-state index contributed by atoms with van der Waals surface area (Å²) in [5.74, 6) is 0.115. The molecule has 2 aromatic rings. The third-order valence-electron chi connectivity index (χ3n) is 4.60. The molecule has 0 aliphatic heterocycles. The normalized spacial score (nSPS) is 15.5. The van der Waals surface area contributed by atoms with Gasteiger partial charge >= 0.3 is 0 Å². The molecule has 0 radical (unpaired) electrons. The van der Waals surface area contributed by atoms with E-state index < -0.39 is 5.91 Å². The van der Waals surface area contributed by atoms with Crippen molar-refractivity contribution in [3.63, 3.8) is 0 Å². The first-order chi connectivity index (χ1) is 12.6. The van der Waals surface area contributed by atoms with Crippen LogP contribution < -0.4 is 20.3 Å². The van der Waals surface area contributed by atoms with Crippen LogP contribution in [-0.2, 0) is 11.2 Å². The number of hydrogen-bond donors (Lipinski definition) is 2. The smallest absolute Gasteiger partial charge is 0.269 e. The number of hydrazine groups is 1. The predicted octanol–water partition coefficient (Wildman–Crippen LogP) is 2.58. The molecular formula is C20H22N2O4. The van der Waals surface area contributed by atoms with Gasteiger partial charge in [0.25, 0.3) is 5.91 Å². The molecule has 0 saturated carbocycles. The summed E-state index contributed by atoms with van der Waals surface area (Å²) in [5.41, 5.74) is 7.60. The zero-order valence-electron chi connectivity index (χ0n) is 14.9. The van der Waals surface area contributed by atoms with Gasteiger partial charge in [-0.2, -0.15) is 0 Å². The summed E-state index contributed by atoms with van der Waals surface area (Å²) in [6.07, 6.45) is 2.71. The minimum atomic E-state index is -0.431. The number of ether oxygens (including phenoxy) is 2. The summed E-state index contributed by atoms with van der Waals surface area (Å²) in [4.78, 5) is 24.9. The second-order valence-corrected chi connectivity index (χ2v) is 6.19. The highest BCUT2D eigenvalue weighted by Crippen LogP contribution is 2.31. The molecular weight excluding hydrogens is 332 g/mol. The second kappa shape index (κ2) is 7.91. The molecule has 0 spiro atoms. The molecule has 0 saturated heterocycles. The molecule has 26 heavy (non-hydrogen) atoms. The maximum atomic E-state index is 12.6. The highest BCUT2D eigenvalue weighted by molar-refractivity contribution is 5.96. The Balaban J connectivity index is 1.68. The average molecular weight is 354 g/mol. The largest absolute Gasteiger partial charge is 0.497 e. The Morgan fingerprint density at radius 1 is 1.00 bits per heavy atom. The number of amides is 2. The minimum absolute atomic E-state index is 0.208. The molecule has 6 heteroatoms. The lowest BCUT2D eigenvalue weighted by Gasteiger charge is -2.24. The van der Waals surface area contributed by atoms with Crippen molar-refractivity contribution < 1.29 is 19.1 Å². The fraction of sp³-hybridized carbons (Fsp3) is 0.300. The standard InChI is InChI=1S/C20H22N2O4/c1-25-15-10-14(11-16(12-15)26-2)19(23)21-22-20(24)18-9-5-7-13-6-3-4-8-17(13)18/h3-4,6,8,10-12,18H,5,7,9H2,1-2H3,(H,21,23)(H,22,24). The number of methoxy groups -OCH3 is 2. The molecule has 2 N–H and O–H groups in total. The van der Waals surface area contributed by atoms with Crippen LogP contribution in [0, 0.1) is 0 Å². The number of aryl methyl sites for hydroxylation is 1. The van der Waals surface area contributed by atoms with Crippen molar-refractivity contribution in [3.8, 4) is 11.5 Å². The fourth-order valence-corrected chi connectivity index (χ4v) is 3.24. The van der Waals surface area contributed by atoms with Crippen molar-refractivity contribution in [2.45, 2.75) is 25.2 Å². The molecule has 1 aliphatic carbocycles. The third kappa shape index (κ3) is 3.79. The van der Waals surface area contributed by atoms with E-state index in [1.807, 2.05) is 18.2 Å². The van der Waals surface area contributed by atoms with Crippen LogP contribution in [0.15, 0.2) is 42.5 Å². The molecule has 0 aromatic heterocycles. The van der Waals surface area contributed by atoms with Crippen LogP contribution in [0.4, 0.5) is 0 Å². The van der Waals surface area contributed by atoms with Gasteiger partial charge in [-0.25, -0.2) is 0 Å². The second-order valence-electron chi connectivity index (χ2n) is 6.19. The van der Waals surface area contributed by atoms with Gasteiger partial charge in [0.15, 0.2) is 0 Å². The first-order valence-electron chi connectivity index (χ1n) is 8.53. The molecule has 136 valence electrons. The Hall–Kier alpha value is -3.02. The van der Waals surface area contributed by atoms with E-state index in [-0.39, 0.29) is 11.8 Å². The van der Waals surface area contributed by atoms with Gasteiger partial charge in [-0.05, 0) is 42.5 Å². The van der Waals surface area contributed by atoms with E-state index in [2.05, 4.69) is 16.9 Å². The van der Waals surface area contributed by atoms with Gasteiger partial charge in [0.1, 0.15) is 11.5 Å². The number of fused-ring (bicyclic) bond motifs is 1. The average Bonchev–Trinajstić information content (AvgIpc) is 2.70. The third-order valence-corrected chi connectivity index (χ3v) is 4.60. The summed E-state index contributed by atoms with van der Waals surface area (Å²) in [6.45, 7) is 0. The molecule has 0 heterocycles. The van der Waals surface area contributed by atoms with Gasteiger partial charge in [-0.15, -0.1) is 0 Å². The monoisotopic (exact) mass is 354 g/mol. The molecule has 0 bridgehead atoms. The predicted molar refractivity (Wildman–Crippen MR) is 97.3 cm³/mol. The van der Waals surface area contributed by atoms with Crippen LogP contribution >= 0.6 is 0 Å². The van der Waals surface area contributed by atoms with E-state index in [0.717, 1.165) is 24.8 Å². The molecule has 0 fully saturated rings. The van der Waals surface area contributed by atoms with Crippen LogP contribution in [-0.4, -0.2) is 26.0 Å². The van der Waals surface area contributed by atoms with Crippen LogP contribution in [0.5, 0.6) is 11.5 Å². The number of rotatable bonds is 4. The zero-order chi connectivity index (χ0) is 18.5. The van der Waals surface area contributed by atoms with E-state index in [1.165, 1.54) is 19.8 Å². The quantitative estimate of drug-likeness (QED) is 0.828.